The number of nitrogens with one attached hydrogen (secondary N) is 1. The molecule has 1 fully saturated rings. The Morgan fingerprint density at radius 3 is 2.45 bits per heavy atom. The average molecular weight is 405 g/mol. The number of hydrogen-bond donors (Lipinski definition) is 1. The molecule has 8 nitrogen and oxygen atoms in total. The number of hydrogen-bond acceptors (Lipinski definition) is 5. The summed E-state index contributed by atoms with van der Waals surface area (Å²) >= 11 is 0. The first-order valence-corrected chi connectivity index (χ1v) is 9.76. The fourth-order valence-electron chi connectivity index (χ4n) is 3.14. The highest BCUT2D eigenvalue weighted by Crippen LogP contribution is 2.21. The summed E-state index contributed by atoms with van der Waals surface area (Å²) in [5, 5.41) is 2.77. The molecule has 8 heteroatoms. The number of piperidine rings is 1. The molecular weight excluding hydrogens is 374 g/mol. The minimum Gasteiger partial charge on any atom is -0.497 e. The van der Waals surface area contributed by atoms with Crippen molar-refractivity contribution in [1.82, 2.24) is 9.80 Å². The van der Waals surface area contributed by atoms with Crippen LogP contribution in [0.3, 0.4) is 0 Å². The van der Waals surface area contributed by atoms with Gasteiger partial charge in [0.05, 0.1) is 13.7 Å². The fourth-order valence-corrected chi connectivity index (χ4v) is 3.14. The lowest BCUT2D eigenvalue weighted by Crippen LogP contribution is -2.46. The SMILES string of the molecule is COc1cccc(NC(=O)CN(C)C(=O)C2CCN(C(=O)OC(C)(C)C)CC2)c1. The van der Waals surface area contributed by atoms with Gasteiger partial charge in [-0.15, -0.1) is 0 Å². The summed E-state index contributed by atoms with van der Waals surface area (Å²) in [6, 6.07) is 7.04. The number of carbonyl (C=O) groups excluding carboxylic acids is 3. The summed E-state index contributed by atoms with van der Waals surface area (Å²) in [6.07, 6.45) is 0.759. The summed E-state index contributed by atoms with van der Waals surface area (Å²) in [5.74, 6) is 0.0715. The molecule has 1 aliphatic heterocycles. The van der Waals surface area contributed by atoms with Gasteiger partial charge in [0, 0.05) is 37.8 Å². The van der Waals surface area contributed by atoms with E-state index in [0.29, 0.717) is 37.4 Å². The normalized spacial score (nSPS) is 14.9. The lowest BCUT2D eigenvalue weighted by Gasteiger charge is -2.34. The largest absolute Gasteiger partial charge is 0.497 e. The molecule has 29 heavy (non-hydrogen) atoms. The minimum atomic E-state index is -0.542. The second-order valence-corrected chi connectivity index (χ2v) is 8.22. The van der Waals surface area contributed by atoms with Gasteiger partial charge in [-0.2, -0.15) is 0 Å². The zero-order valence-corrected chi connectivity index (χ0v) is 17.9. The number of nitrogens with zero attached hydrogens (tertiary/aromatic N) is 2. The Balaban J connectivity index is 1.81. The van der Waals surface area contributed by atoms with E-state index in [4.69, 9.17) is 9.47 Å². The predicted molar refractivity (Wildman–Crippen MR) is 110 cm³/mol. The number of anilines is 1. The average Bonchev–Trinajstić information content (AvgIpc) is 2.66. The molecule has 160 valence electrons. The molecule has 1 N–H and O–H groups in total. The summed E-state index contributed by atoms with van der Waals surface area (Å²) in [7, 11) is 3.18. The fraction of sp³-hybridized carbons (Fsp3) is 0.571. The molecule has 0 aliphatic carbocycles. The molecule has 1 aromatic rings. The van der Waals surface area contributed by atoms with Gasteiger partial charge >= 0.3 is 6.09 Å². The Kier molecular flexibility index (Phi) is 7.47. The third-order valence-corrected chi connectivity index (χ3v) is 4.61. The van der Waals surface area contributed by atoms with E-state index in [-0.39, 0.29) is 30.4 Å². The summed E-state index contributed by atoms with van der Waals surface area (Å²) in [5.41, 5.74) is 0.0703. The van der Waals surface area contributed by atoms with Crippen LogP contribution < -0.4 is 10.1 Å². The van der Waals surface area contributed by atoms with Crippen molar-refractivity contribution in [2.24, 2.45) is 5.92 Å². The maximum absolute atomic E-state index is 12.7. The zero-order valence-electron chi connectivity index (χ0n) is 17.9. The number of carbonyl (C=O) groups is 3. The van der Waals surface area contributed by atoms with E-state index in [9.17, 15) is 14.4 Å². The Morgan fingerprint density at radius 2 is 1.86 bits per heavy atom. The Bertz CT molecular complexity index is 736. The molecule has 0 atom stereocenters. The first-order chi connectivity index (χ1) is 13.6. The van der Waals surface area contributed by atoms with Crippen molar-refractivity contribution < 1.29 is 23.9 Å². The number of rotatable bonds is 5. The van der Waals surface area contributed by atoms with Crippen LogP contribution in [-0.2, 0) is 14.3 Å². The summed E-state index contributed by atoms with van der Waals surface area (Å²) < 4.78 is 10.5. The second-order valence-electron chi connectivity index (χ2n) is 8.22. The lowest BCUT2D eigenvalue weighted by molar-refractivity contribution is -0.138. The monoisotopic (exact) mass is 405 g/mol. The van der Waals surface area contributed by atoms with E-state index in [0.717, 1.165) is 0 Å². The molecular formula is C21H31N3O5. The van der Waals surface area contributed by atoms with Crippen LogP contribution in [0.5, 0.6) is 5.75 Å². The van der Waals surface area contributed by atoms with Crippen molar-refractivity contribution >= 4 is 23.6 Å². The van der Waals surface area contributed by atoms with E-state index in [2.05, 4.69) is 5.32 Å². The van der Waals surface area contributed by atoms with Crippen LogP contribution in [0, 0.1) is 5.92 Å². The number of likely N-dealkylation sites (tertiary alicyclic amines) is 1. The van der Waals surface area contributed by atoms with Gasteiger partial charge in [-0.3, -0.25) is 9.59 Å². The topological polar surface area (TPSA) is 88.2 Å². The molecule has 0 radical (unpaired) electrons. The Hall–Kier alpha value is -2.77. The van der Waals surface area contributed by atoms with Crippen LogP contribution in [0.15, 0.2) is 24.3 Å². The van der Waals surface area contributed by atoms with Crippen LogP contribution >= 0.6 is 0 Å². The minimum absolute atomic E-state index is 0.0394. The van der Waals surface area contributed by atoms with Crippen molar-refractivity contribution in [1.29, 1.82) is 0 Å². The highest BCUT2D eigenvalue weighted by molar-refractivity contribution is 5.94. The lowest BCUT2D eigenvalue weighted by atomic mass is 9.95. The van der Waals surface area contributed by atoms with E-state index >= 15 is 0 Å². The predicted octanol–water partition coefficient (Wildman–Crippen LogP) is 2.74. The Morgan fingerprint density at radius 1 is 1.21 bits per heavy atom. The van der Waals surface area contributed by atoms with Crippen molar-refractivity contribution in [3.63, 3.8) is 0 Å². The van der Waals surface area contributed by atoms with E-state index in [1.54, 1.807) is 43.3 Å². The van der Waals surface area contributed by atoms with Crippen molar-refractivity contribution in [2.75, 3.05) is 39.1 Å². The first kappa shape index (κ1) is 22.5. The molecule has 0 saturated carbocycles. The first-order valence-electron chi connectivity index (χ1n) is 9.76. The van der Waals surface area contributed by atoms with Crippen LogP contribution in [-0.4, -0.2) is 67.1 Å². The van der Waals surface area contributed by atoms with Crippen molar-refractivity contribution in [3.05, 3.63) is 24.3 Å². The van der Waals surface area contributed by atoms with E-state index in [1.807, 2.05) is 20.8 Å². The molecule has 1 aromatic carbocycles. The molecule has 3 amide bonds. The maximum atomic E-state index is 12.7. The molecule has 1 saturated heterocycles. The van der Waals surface area contributed by atoms with Gasteiger partial charge < -0.3 is 24.6 Å². The third-order valence-electron chi connectivity index (χ3n) is 4.61. The smallest absolute Gasteiger partial charge is 0.410 e. The molecule has 0 aromatic heterocycles. The van der Waals surface area contributed by atoms with Crippen LogP contribution in [0.4, 0.5) is 10.5 Å². The number of methoxy groups -OCH3 is 1. The third kappa shape index (κ3) is 6.96. The molecule has 1 aliphatic rings. The van der Waals surface area contributed by atoms with Crippen molar-refractivity contribution in [2.45, 2.75) is 39.2 Å². The second kappa shape index (κ2) is 9.62. The number of benzene rings is 1. The van der Waals surface area contributed by atoms with E-state index < -0.39 is 5.60 Å². The number of amides is 3. The molecule has 0 spiro atoms. The standard InChI is InChI=1S/C21H31N3O5/c1-21(2,3)29-20(27)24-11-9-15(10-12-24)19(26)23(4)14-18(25)22-16-7-6-8-17(13-16)28-5/h6-8,13,15H,9-12,14H2,1-5H3,(H,22,25). The van der Waals surface area contributed by atoms with Crippen LogP contribution in [0.1, 0.15) is 33.6 Å². The van der Waals surface area contributed by atoms with Gasteiger partial charge in [0.2, 0.25) is 11.8 Å². The van der Waals surface area contributed by atoms with Crippen molar-refractivity contribution in [3.8, 4) is 5.75 Å². The number of likely N-dealkylation sites (N-methyl/N-ethyl adjacent to an activating group) is 1. The van der Waals surface area contributed by atoms with Gasteiger partial charge in [-0.05, 0) is 45.7 Å². The summed E-state index contributed by atoms with van der Waals surface area (Å²) in [4.78, 5) is 40.2. The summed E-state index contributed by atoms with van der Waals surface area (Å²) in [6.45, 7) is 6.37. The van der Waals surface area contributed by atoms with Crippen LogP contribution in [0.25, 0.3) is 0 Å². The Labute approximate surface area is 172 Å². The van der Waals surface area contributed by atoms with Crippen LogP contribution in [0.2, 0.25) is 0 Å². The van der Waals surface area contributed by atoms with E-state index in [1.165, 1.54) is 4.90 Å². The van der Waals surface area contributed by atoms with Gasteiger partial charge in [-0.25, -0.2) is 4.79 Å². The maximum Gasteiger partial charge on any atom is 0.410 e. The van der Waals surface area contributed by atoms with Gasteiger partial charge in [0.25, 0.3) is 0 Å². The van der Waals surface area contributed by atoms with Gasteiger partial charge in [-0.1, -0.05) is 6.07 Å². The van der Waals surface area contributed by atoms with Gasteiger partial charge in [0.15, 0.2) is 0 Å². The molecule has 2 rings (SSSR count). The molecule has 0 bridgehead atoms. The quantitative estimate of drug-likeness (QED) is 0.814. The zero-order chi connectivity index (χ0) is 21.6. The molecule has 0 unspecified atom stereocenters. The number of ether oxygens (including phenoxy) is 2. The molecule has 1 heterocycles. The highest BCUT2D eigenvalue weighted by atomic mass is 16.6. The van der Waals surface area contributed by atoms with Gasteiger partial charge in [0.1, 0.15) is 11.4 Å². The highest BCUT2D eigenvalue weighted by Gasteiger charge is 2.31.